The first-order chi connectivity index (χ1) is 16.9. The monoisotopic (exact) mass is 510 g/mol. The van der Waals surface area contributed by atoms with Crippen molar-refractivity contribution in [2.75, 3.05) is 19.0 Å². The van der Waals surface area contributed by atoms with Crippen LogP contribution in [0.4, 0.5) is 5.82 Å². The second kappa shape index (κ2) is 10.6. The van der Waals surface area contributed by atoms with Crippen LogP contribution in [0.5, 0.6) is 5.75 Å². The van der Waals surface area contributed by atoms with E-state index in [1.165, 1.54) is 9.30 Å². The molecule has 0 spiro atoms. The van der Waals surface area contributed by atoms with Crippen LogP contribution in [-0.4, -0.2) is 49.4 Å². The molecule has 182 valence electrons. The number of hydrogen-bond acceptors (Lipinski definition) is 8. The molecule has 1 fully saturated rings. The van der Waals surface area contributed by atoms with Crippen molar-refractivity contribution >= 4 is 51.7 Å². The number of benzene rings is 1. The first-order valence-corrected chi connectivity index (χ1v) is 12.4. The lowest BCUT2D eigenvalue weighted by Crippen LogP contribution is -2.28. The van der Waals surface area contributed by atoms with Crippen LogP contribution in [-0.2, 0) is 11.3 Å². The van der Waals surface area contributed by atoms with E-state index in [-0.39, 0.29) is 29.7 Å². The molecule has 10 heteroatoms. The SMILES string of the molecule is CCC(CO)Nc1nc2c(C)cccn2c(=O)c1/C=C1\SC(=S)N(Cc2ccc(OC)cc2)C1=O. The number of aryl methyl sites for hydroxylation is 1. The summed E-state index contributed by atoms with van der Waals surface area (Å²) >= 11 is 6.63. The molecule has 8 nitrogen and oxygen atoms in total. The molecular weight excluding hydrogens is 484 g/mol. The predicted molar refractivity (Wildman–Crippen MR) is 143 cm³/mol. The summed E-state index contributed by atoms with van der Waals surface area (Å²) in [5, 5.41) is 12.9. The van der Waals surface area contributed by atoms with Crippen LogP contribution in [0.3, 0.4) is 0 Å². The molecule has 0 radical (unpaired) electrons. The number of thioether (sulfide) groups is 1. The number of nitrogens with zero attached hydrogens (tertiary/aromatic N) is 3. The molecule has 1 unspecified atom stereocenters. The fraction of sp³-hybridized carbons (Fsp3) is 0.280. The second-order valence-electron chi connectivity index (χ2n) is 8.11. The second-order valence-corrected chi connectivity index (χ2v) is 9.79. The molecule has 1 saturated heterocycles. The maximum Gasteiger partial charge on any atom is 0.267 e. The van der Waals surface area contributed by atoms with E-state index < -0.39 is 0 Å². The van der Waals surface area contributed by atoms with Gasteiger partial charge in [0.1, 0.15) is 21.5 Å². The number of anilines is 1. The summed E-state index contributed by atoms with van der Waals surface area (Å²) in [6.45, 7) is 4.00. The number of nitrogens with one attached hydrogen (secondary N) is 1. The molecule has 0 bridgehead atoms. The fourth-order valence-electron chi connectivity index (χ4n) is 3.70. The Morgan fingerprint density at radius 3 is 2.66 bits per heavy atom. The number of hydrogen-bond donors (Lipinski definition) is 2. The van der Waals surface area contributed by atoms with Crippen molar-refractivity contribution in [1.82, 2.24) is 14.3 Å². The maximum atomic E-state index is 13.5. The van der Waals surface area contributed by atoms with E-state index in [1.807, 2.05) is 44.2 Å². The van der Waals surface area contributed by atoms with Crippen molar-refractivity contribution in [1.29, 1.82) is 0 Å². The third-order valence-corrected chi connectivity index (χ3v) is 7.16. The Morgan fingerprint density at radius 2 is 2.00 bits per heavy atom. The van der Waals surface area contributed by atoms with Crippen LogP contribution >= 0.6 is 24.0 Å². The van der Waals surface area contributed by atoms with Gasteiger partial charge in [0.05, 0.1) is 36.8 Å². The molecule has 35 heavy (non-hydrogen) atoms. The number of thiocarbonyl (C=S) groups is 1. The number of pyridine rings is 1. The molecule has 1 atom stereocenters. The van der Waals surface area contributed by atoms with Crippen molar-refractivity contribution in [3.8, 4) is 5.75 Å². The minimum Gasteiger partial charge on any atom is -0.497 e. The Hall–Kier alpha value is -3.21. The molecule has 4 rings (SSSR count). The molecule has 2 N–H and O–H groups in total. The summed E-state index contributed by atoms with van der Waals surface area (Å²) in [6, 6.07) is 10.8. The number of carbonyl (C=O) groups is 1. The highest BCUT2D eigenvalue weighted by Gasteiger charge is 2.33. The molecule has 1 amide bonds. The van der Waals surface area contributed by atoms with Crippen LogP contribution in [0.1, 0.15) is 30.0 Å². The van der Waals surface area contributed by atoms with E-state index in [0.717, 1.165) is 28.6 Å². The Balaban J connectivity index is 1.73. The average Bonchev–Trinajstić information content (AvgIpc) is 3.13. The minimum atomic E-state index is -0.311. The van der Waals surface area contributed by atoms with Gasteiger partial charge in [-0.1, -0.05) is 49.1 Å². The molecule has 1 aliphatic rings. The van der Waals surface area contributed by atoms with E-state index in [2.05, 4.69) is 10.3 Å². The maximum absolute atomic E-state index is 13.5. The molecule has 0 saturated carbocycles. The number of aliphatic hydroxyl groups is 1. The molecule has 3 aromatic rings. The summed E-state index contributed by atoms with van der Waals surface area (Å²) in [6.07, 6.45) is 3.83. The minimum absolute atomic E-state index is 0.116. The van der Waals surface area contributed by atoms with Gasteiger partial charge in [0.15, 0.2) is 0 Å². The van der Waals surface area contributed by atoms with Gasteiger partial charge in [0.25, 0.3) is 11.5 Å². The summed E-state index contributed by atoms with van der Waals surface area (Å²) < 4.78 is 7.07. The highest BCUT2D eigenvalue weighted by molar-refractivity contribution is 8.26. The Morgan fingerprint density at radius 1 is 1.26 bits per heavy atom. The van der Waals surface area contributed by atoms with Crippen molar-refractivity contribution in [3.05, 3.63) is 74.5 Å². The smallest absolute Gasteiger partial charge is 0.267 e. The quantitative estimate of drug-likeness (QED) is 0.351. The van der Waals surface area contributed by atoms with Gasteiger partial charge in [0, 0.05) is 6.20 Å². The lowest BCUT2D eigenvalue weighted by atomic mass is 10.2. The largest absolute Gasteiger partial charge is 0.497 e. The van der Waals surface area contributed by atoms with Crippen LogP contribution in [0, 0.1) is 6.92 Å². The summed E-state index contributed by atoms with van der Waals surface area (Å²) in [4.78, 5) is 33.3. The number of aromatic nitrogens is 2. The van der Waals surface area contributed by atoms with Crippen molar-refractivity contribution in [2.24, 2.45) is 0 Å². The highest BCUT2D eigenvalue weighted by atomic mass is 32.2. The highest BCUT2D eigenvalue weighted by Crippen LogP contribution is 2.34. The summed E-state index contributed by atoms with van der Waals surface area (Å²) in [7, 11) is 1.60. The number of carbonyl (C=O) groups excluding carboxylic acids is 1. The molecule has 2 aromatic heterocycles. The molecular formula is C25H26N4O4S2. The Kier molecular flexibility index (Phi) is 7.54. The van der Waals surface area contributed by atoms with Crippen molar-refractivity contribution in [3.63, 3.8) is 0 Å². The van der Waals surface area contributed by atoms with Crippen LogP contribution in [0.2, 0.25) is 0 Å². The standard InChI is InChI=1S/C25H26N4O4S2/c1-4-17(14-30)26-21-19(23(31)28-11-5-6-15(2)22(28)27-21)12-20-24(32)29(25(34)35-20)13-16-7-9-18(33-3)10-8-16/h5-12,17,26,30H,4,13-14H2,1-3H3/b20-12-. The number of methoxy groups -OCH3 is 1. The zero-order valence-corrected chi connectivity index (χ0v) is 21.3. The number of fused-ring (bicyclic) bond motifs is 1. The van der Waals surface area contributed by atoms with Gasteiger partial charge in [-0.15, -0.1) is 0 Å². The summed E-state index contributed by atoms with van der Waals surface area (Å²) in [5.74, 6) is 0.780. The van der Waals surface area contributed by atoms with Crippen molar-refractivity contribution < 1.29 is 14.6 Å². The zero-order valence-electron chi connectivity index (χ0n) is 19.6. The number of ether oxygens (including phenoxy) is 1. The topological polar surface area (TPSA) is 96.2 Å². The Bertz CT molecular complexity index is 1360. The van der Waals surface area contributed by atoms with Gasteiger partial charge in [-0.25, -0.2) is 4.98 Å². The Labute approximate surface area is 212 Å². The van der Waals surface area contributed by atoms with Crippen molar-refractivity contribution in [2.45, 2.75) is 32.9 Å². The molecule has 1 aromatic carbocycles. The van der Waals surface area contributed by atoms with E-state index in [0.29, 0.717) is 33.7 Å². The van der Waals surface area contributed by atoms with E-state index >= 15 is 0 Å². The first kappa shape index (κ1) is 24.9. The lowest BCUT2D eigenvalue weighted by Gasteiger charge is -2.18. The van der Waals surface area contributed by atoms with Gasteiger partial charge < -0.3 is 15.2 Å². The average molecular weight is 511 g/mol. The van der Waals surface area contributed by atoms with Gasteiger partial charge in [-0.3, -0.25) is 18.9 Å². The molecule has 3 heterocycles. The van der Waals surface area contributed by atoms with Crippen LogP contribution < -0.4 is 15.6 Å². The third-order valence-electron chi connectivity index (χ3n) is 5.79. The number of amides is 1. The van der Waals surface area contributed by atoms with E-state index in [9.17, 15) is 14.7 Å². The van der Waals surface area contributed by atoms with Gasteiger partial charge >= 0.3 is 0 Å². The predicted octanol–water partition coefficient (Wildman–Crippen LogP) is 3.60. The van der Waals surface area contributed by atoms with Gasteiger partial charge in [-0.2, -0.15) is 0 Å². The normalized spacial score (nSPS) is 15.8. The first-order valence-electron chi connectivity index (χ1n) is 11.1. The fourth-order valence-corrected chi connectivity index (χ4v) is 4.94. The molecule has 1 aliphatic heterocycles. The zero-order chi connectivity index (χ0) is 25.1. The van der Waals surface area contributed by atoms with Gasteiger partial charge in [0.2, 0.25) is 0 Å². The van der Waals surface area contributed by atoms with E-state index in [1.54, 1.807) is 25.4 Å². The van der Waals surface area contributed by atoms with Crippen LogP contribution in [0.25, 0.3) is 11.7 Å². The third kappa shape index (κ3) is 5.09. The van der Waals surface area contributed by atoms with Crippen LogP contribution in [0.15, 0.2) is 52.3 Å². The van der Waals surface area contributed by atoms with Gasteiger partial charge in [-0.05, 0) is 48.7 Å². The summed E-state index contributed by atoms with van der Waals surface area (Å²) in [5.41, 5.74) is 2.18. The number of rotatable bonds is 8. The lowest BCUT2D eigenvalue weighted by molar-refractivity contribution is -0.122. The number of aliphatic hydroxyl groups excluding tert-OH is 1. The molecule has 0 aliphatic carbocycles. The van der Waals surface area contributed by atoms with E-state index in [4.69, 9.17) is 17.0 Å².